The van der Waals surface area contributed by atoms with Gasteiger partial charge in [0.25, 0.3) is 0 Å². The van der Waals surface area contributed by atoms with Gasteiger partial charge in [-0.1, -0.05) is 6.07 Å². The molecule has 5 N–H and O–H groups in total. The average Bonchev–Trinajstić information content (AvgIpc) is 3.39. The van der Waals surface area contributed by atoms with Crippen LogP contribution in [0.5, 0.6) is 11.5 Å². The van der Waals surface area contributed by atoms with Crippen LogP contribution in [0.1, 0.15) is 84.8 Å². The zero-order valence-corrected chi connectivity index (χ0v) is 30.3. The van der Waals surface area contributed by atoms with Crippen molar-refractivity contribution >= 4 is 29.8 Å². The zero-order chi connectivity index (χ0) is 37.5. The molecule has 4 aliphatic rings. The first kappa shape index (κ1) is 37.9. The molecule has 15 nitrogen and oxygen atoms in total. The van der Waals surface area contributed by atoms with Gasteiger partial charge in [0.05, 0.1) is 11.0 Å². The number of likely N-dealkylation sites (N-methyl/N-ethyl adjacent to an activating group) is 1. The second kappa shape index (κ2) is 14.3. The summed E-state index contributed by atoms with van der Waals surface area (Å²) in [6.07, 6.45) is 1.31. The standard InChI is InChI=1S/C36H50N4O11/c1-19(38-30(43)23(39-21(3)41)10-8-9-16-37-33(46)51-34(4,5)6)31(44)48-20(2)32(45)49-25-13-14-36(47)26-18-22-11-12-24(42)28-27(22)35(36,29(25)50-28)15-17-40(26)7/h11-13,19-20,23,26,29,42,47H,8-10,14-18H2,1-7H3,(H,37,46)(H,38,43)(H,39,41)/t19-,20?,23-,26+,29-,35-,36+/m0/s1. The molecular formula is C36H50N4O11. The van der Waals surface area contributed by atoms with Crippen molar-refractivity contribution in [2.45, 2.75) is 127 Å². The second-order valence-electron chi connectivity index (χ2n) is 15.0. The Morgan fingerprint density at radius 1 is 1.10 bits per heavy atom. The van der Waals surface area contributed by atoms with Gasteiger partial charge < -0.3 is 50.0 Å². The van der Waals surface area contributed by atoms with Crippen LogP contribution in [-0.2, 0) is 45.2 Å². The Labute approximate surface area is 297 Å². The Morgan fingerprint density at radius 3 is 2.51 bits per heavy atom. The van der Waals surface area contributed by atoms with E-state index in [0.717, 1.165) is 11.1 Å². The van der Waals surface area contributed by atoms with E-state index in [4.69, 9.17) is 18.9 Å². The summed E-state index contributed by atoms with van der Waals surface area (Å²) in [6.45, 7) is 10.2. The van der Waals surface area contributed by atoms with Crippen molar-refractivity contribution in [3.05, 3.63) is 35.1 Å². The van der Waals surface area contributed by atoms with Gasteiger partial charge in [0, 0.05) is 31.5 Å². The lowest BCUT2D eigenvalue weighted by atomic mass is 9.50. The number of aliphatic hydroxyl groups is 1. The number of aromatic hydroxyl groups is 1. The predicted molar refractivity (Wildman–Crippen MR) is 182 cm³/mol. The smallest absolute Gasteiger partial charge is 0.407 e. The van der Waals surface area contributed by atoms with Gasteiger partial charge in [-0.15, -0.1) is 0 Å². The number of likely N-dealkylation sites (tertiary alicyclic amines) is 1. The fourth-order valence-corrected chi connectivity index (χ4v) is 7.83. The second-order valence-corrected chi connectivity index (χ2v) is 15.0. The number of phenolic OH excluding ortho intramolecular Hbond substituents is 1. The molecule has 2 aliphatic carbocycles. The molecule has 0 aromatic heterocycles. The van der Waals surface area contributed by atoms with Crippen molar-refractivity contribution in [2.75, 3.05) is 20.1 Å². The van der Waals surface area contributed by atoms with Crippen LogP contribution in [0.15, 0.2) is 24.0 Å². The van der Waals surface area contributed by atoms with Gasteiger partial charge in [-0.25, -0.2) is 14.4 Å². The molecule has 7 atom stereocenters. The third kappa shape index (κ3) is 7.36. The number of nitrogens with zero attached hydrogens (tertiary/aromatic N) is 1. The van der Waals surface area contributed by atoms with Crippen LogP contribution >= 0.6 is 0 Å². The fraction of sp³-hybridized carbons (Fsp3) is 0.639. The van der Waals surface area contributed by atoms with E-state index >= 15 is 0 Å². The first-order valence-corrected chi connectivity index (χ1v) is 17.5. The number of nitrogens with one attached hydrogen (secondary N) is 3. The molecule has 51 heavy (non-hydrogen) atoms. The van der Waals surface area contributed by atoms with Gasteiger partial charge in [0.2, 0.25) is 11.8 Å². The van der Waals surface area contributed by atoms with Crippen LogP contribution < -0.4 is 20.7 Å². The van der Waals surface area contributed by atoms with Crippen molar-refractivity contribution in [1.29, 1.82) is 0 Å². The lowest BCUT2D eigenvalue weighted by Gasteiger charge is -2.61. The van der Waals surface area contributed by atoms with Crippen LogP contribution in [0.25, 0.3) is 0 Å². The fourth-order valence-electron chi connectivity index (χ4n) is 7.83. The van der Waals surface area contributed by atoms with Crippen LogP contribution in [-0.4, -0.2) is 107 Å². The highest BCUT2D eigenvalue weighted by molar-refractivity contribution is 5.90. The number of carbonyl (C=O) groups is 5. The maximum atomic E-state index is 13.3. The number of carbonyl (C=O) groups excluding carboxylic acids is 5. The quantitative estimate of drug-likeness (QED) is 0.120. The number of amides is 3. The molecular weight excluding hydrogens is 664 g/mol. The molecule has 5 rings (SSSR count). The van der Waals surface area contributed by atoms with E-state index in [1.165, 1.54) is 20.8 Å². The van der Waals surface area contributed by atoms with Crippen LogP contribution in [0.3, 0.4) is 0 Å². The number of phenols is 1. The Morgan fingerprint density at radius 2 is 1.82 bits per heavy atom. The molecule has 1 fully saturated rings. The summed E-state index contributed by atoms with van der Waals surface area (Å²) < 4.78 is 22.7. The number of rotatable bonds is 12. The summed E-state index contributed by atoms with van der Waals surface area (Å²) >= 11 is 0. The largest absolute Gasteiger partial charge is 0.504 e. The molecule has 1 spiro atoms. The Balaban J connectivity index is 1.16. The van der Waals surface area contributed by atoms with Crippen molar-refractivity contribution < 1.29 is 53.1 Å². The highest BCUT2D eigenvalue weighted by Crippen LogP contribution is 2.65. The van der Waals surface area contributed by atoms with Crippen molar-refractivity contribution in [3.8, 4) is 11.5 Å². The molecule has 2 bridgehead atoms. The predicted octanol–water partition coefficient (Wildman–Crippen LogP) is 1.85. The molecule has 1 aromatic rings. The average molecular weight is 715 g/mol. The summed E-state index contributed by atoms with van der Waals surface area (Å²) in [5, 5.41) is 30.7. The van der Waals surface area contributed by atoms with E-state index in [1.807, 2.05) is 13.1 Å². The molecule has 0 radical (unpaired) electrons. The minimum atomic E-state index is -1.37. The minimum Gasteiger partial charge on any atom is -0.504 e. The number of ether oxygens (including phenoxy) is 4. The maximum Gasteiger partial charge on any atom is 0.407 e. The third-order valence-electron chi connectivity index (χ3n) is 10.2. The van der Waals surface area contributed by atoms with E-state index in [-0.39, 0.29) is 36.1 Å². The van der Waals surface area contributed by atoms with Gasteiger partial charge in [0.15, 0.2) is 23.7 Å². The summed E-state index contributed by atoms with van der Waals surface area (Å²) in [5.74, 6) is -2.44. The molecule has 0 saturated carbocycles. The van der Waals surface area contributed by atoms with Crippen LogP contribution in [0.2, 0.25) is 0 Å². The number of hydrogen-bond donors (Lipinski definition) is 5. The Hall–Kier alpha value is -4.37. The Bertz CT molecular complexity index is 1610. The van der Waals surface area contributed by atoms with Gasteiger partial charge in [-0.2, -0.15) is 0 Å². The van der Waals surface area contributed by atoms with E-state index in [2.05, 4.69) is 20.9 Å². The van der Waals surface area contributed by atoms with Crippen molar-refractivity contribution in [1.82, 2.24) is 20.9 Å². The van der Waals surface area contributed by atoms with E-state index in [1.54, 1.807) is 32.9 Å². The molecule has 2 heterocycles. The Kier molecular flexibility index (Phi) is 10.6. The van der Waals surface area contributed by atoms with Crippen molar-refractivity contribution in [2.24, 2.45) is 0 Å². The molecule has 1 unspecified atom stereocenters. The number of unbranched alkanes of at least 4 members (excludes halogenated alkanes) is 1. The first-order chi connectivity index (χ1) is 23.9. The number of hydrogen-bond acceptors (Lipinski definition) is 12. The third-order valence-corrected chi connectivity index (χ3v) is 10.2. The summed E-state index contributed by atoms with van der Waals surface area (Å²) in [5.41, 5.74) is -1.10. The first-order valence-electron chi connectivity index (χ1n) is 17.5. The molecule has 2 aliphatic heterocycles. The highest BCUT2D eigenvalue weighted by atomic mass is 16.6. The van der Waals surface area contributed by atoms with E-state index in [0.29, 0.717) is 38.8 Å². The highest BCUT2D eigenvalue weighted by Gasteiger charge is 2.72. The van der Waals surface area contributed by atoms with Gasteiger partial charge >= 0.3 is 18.0 Å². The molecule has 1 aromatic carbocycles. The molecule has 15 heteroatoms. The molecule has 280 valence electrons. The topological polar surface area (TPSA) is 202 Å². The van der Waals surface area contributed by atoms with Gasteiger partial charge in [-0.05, 0) is 98.0 Å². The van der Waals surface area contributed by atoms with Gasteiger partial charge in [0.1, 0.15) is 23.4 Å². The SMILES string of the molecule is CC(=O)N[C@@H](CCCCNC(=O)OC(C)(C)C)C(=O)N[C@@H](C)C(=O)OC(C)C(=O)OC1=CC[C@@]2(O)[C@H]3Cc4ccc(O)c5c4[C@@]2(CCN3C)[C@H]1O5. The lowest BCUT2D eigenvalue weighted by Crippen LogP contribution is -2.74. The number of esters is 2. The number of piperidine rings is 1. The van der Waals surface area contributed by atoms with E-state index < -0.39 is 70.8 Å². The maximum absolute atomic E-state index is 13.3. The minimum absolute atomic E-state index is 0.0581. The van der Waals surface area contributed by atoms with Crippen molar-refractivity contribution in [3.63, 3.8) is 0 Å². The van der Waals surface area contributed by atoms with Gasteiger partial charge in [-0.3, -0.25) is 9.59 Å². The molecule has 1 saturated heterocycles. The summed E-state index contributed by atoms with van der Waals surface area (Å²) in [6, 6.07) is 1.09. The monoisotopic (exact) mass is 714 g/mol. The lowest BCUT2D eigenvalue weighted by molar-refractivity contribution is -0.176. The van der Waals surface area contributed by atoms with Crippen LogP contribution in [0.4, 0.5) is 4.79 Å². The van der Waals surface area contributed by atoms with E-state index in [9.17, 15) is 34.2 Å². The number of alkyl carbamates (subject to hydrolysis) is 1. The summed E-state index contributed by atoms with van der Waals surface area (Å²) in [4.78, 5) is 65.1. The zero-order valence-electron chi connectivity index (χ0n) is 30.3. The number of benzene rings is 1. The summed E-state index contributed by atoms with van der Waals surface area (Å²) in [7, 11) is 1.97. The van der Waals surface area contributed by atoms with Crippen LogP contribution in [0, 0.1) is 0 Å². The normalized spacial score (nSPS) is 26.2. The molecule has 3 amide bonds.